The molecule has 1 aromatic heterocycles. The van der Waals surface area contributed by atoms with Gasteiger partial charge in [0.25, 0.3) is 0 Å². The molecule has 1 aromatic rings. The van der Waals surface area contributed by atoms with Gasteiger partial charge in [0.1, 0.15) is 5.82 Å². The molecule has 0 fully saturated rings. The third kappa shape index (κ3) is 4.06. The Morgan fingerprint density at radius 1 is 1.21 bits per heavy atom. The molecule has 0 aliphatic carbocycles. The minimum absolute atomic E-state index is 0.0737. The molecular weight excluding hydrogens is 240 g/mol. The topological polar surface area (TPSA) is 70.1 Å². The molecular formula is C14H26N4O. The summed E-state index contributed by atoms with van der Waals surface area (Å²) < 4.78 is 0. The van der Waals surface area contributed by atoms with Crippen LogP contribution in [0.2, 0.25) is 0 Å². The molecule has 108 valence electrons. The van der Waals surface area contributed by atoms with Crippen molar-refractivity contribution < 1.29 is 5.11 Å². The van der Waals surface area contributed by atoms with E-state index in [4.69, 9.17) is 0 Å². The first-order valence-corrected chi connectivity index (χ1v) is 7.03. The number of aryl methyl sites for hydroxylation is 1. The van der Waals surface area contributed by atoms with Crippen molar-refractivity contribution in [2.75, 3.05) is 30.3 Å². The number of rotatable bonds is 8. The number of aromatic nitrogens is 2. The molecule has 1 rings (SSSR count). The molecule has 0 bridgehead atoms. The fourth-order valence-corrected chi connectivity index (χ4v) is 1.92. The van der Waals surface area contributed by atoms with Crippen molar-refractivity contribution >= 4 is 11.8 Å². The van der Waals surface area contributed by atoms with E-state index in [1.165, 1.54) is 0 Å². The van der Waals surface area contributed by atoms with Crippen molar-refractivity contribution in [1.82, 2.24) is 9.97 Å². The monoisotopic (exact) mass is 266 g/mol. The van der Waals surface area contributed by atoms with E-state index in [9.17, 15) is 5.11 Å². The normalized spacial score (nSPS) is 11.4. The van der Waals surface area contributed by atoms with E-state index in [2.05, 4.69) is 34.4 Å². The zero-order valence-corrected chi connectivity index (χ0v) is 12.5. The highest BCUT2D eigenvalue weighted by molar-refractivity contribution is 5.46. The summed E-state index contributed by atoms with van der Waals surface area (Å²) in [7, 11) is 0. The highest BCUT2D eigenvalue weighted by Gasteiger charge is 2.25. The van der Waals surface area contributed by atoms with Gasteiger partial charge in [-0.3, -0.25) is 0 Å². The Kier molecular flexibility index (Phi) is 6.02. The fourth-order valence-electron chi connectivity index (χ4n) is 1.92. The summed E-state index contributed by atoms with van der Waals surface area (Å²) in [5.74, 6) is 1.48. The minimum atomic E-state index is -0.0737. The number of nitrogens with one attached hydrogen (secondary N) is 2. The van der Waals surface area contributed by atoms with Gasteiger partial charge in [0.2, 0.25) is 5.95 Å². The van der Waals surface area contributed by atoms with Gasteiger partial charge in [-0.15, -0.1) is 0 Å². The van der Waals surface area contributed by atoms with Gasteiger partial charge in [0.15, 0.2) is 0 Å². The number of aliphatic hydroxyl groups is 1. The van der Waals surface area contributed by atoms with Gasteiger partial charge in [-0.2, -0.15) is 4.98 Å². The van der Waals surface area contributed by atoms with E-state index in [1.807, 2.05) is 20.0 Å². The van der Waals surface area contributed by atoms with Crippen molar-refractivity contribution in [2.45, 2.75) is 40.5 Å². The van der Waals surface area contributed by atoms with Gasteiger partial charge < -0.3 is 15.7 Å². The Morgan fingerprint density at radius 2 is 1.89 bits per heavy atom. The third-order valence-electron chi connectivity index (χ3n) is 3.77. The second kappa shape index (κ2) is 7.28. The average Bonchev–Trinajstić information content (AvgIpc) is 2.44. The van der Waals surface area contributed by atoms with E-state index in [0.29, 0.717) is 5.95 Å². The number of hydrogen-bond donors (Lipinski definition) is 3. The maximum atomic E-state index is 9.58. The highest BCUT2D eigenvalue weighted by Crippen LogP contribution is 2.26. The Bertz CT molecular complexity index is 383. The van der Waals surface area contributed by atoms with Gasteiger partial charge >= 0.3 is 0 Å². The second-order valence-corrected chi connectivity index (χ2v) is 4.97. The zero-order valence-electron chi connectivity index (χ0n) is 12.5. The molecule has 5 nitrogen and oxygen atoms in total. The number of hydrogen-bond acceptors (Lipinski definition) is 5. The molecule has 0 spiro atoms. The Morgan fingerprint density at radius 3 is 2.42 bits per heavy atom. The Labute approximate surface area is 115 Å². The van der Waals surface area contributed by atoms with Crippen molar-refractivity contribution in [2.24, 2.45) is 5.41 Å². The fraction of sp³-hybridized carbons (Fsp3) is 0.714. The standard InChI is InChI=1S/C14H26N4O/c1-5-14(6-2,10-19)9-17-12-11(4)8-16-13(18-12)15-7-3/h8,19H,5-7,9-10H2,1-4H3,(H2,15,16,17,18). The van der Waals surface area contributed by atoms with Crippen LogP contribution in [0, 0.1) is 12.3 Å². The molecule has 1 heterocycles. The zero-order chi connectivity index (χ0) is 14.3. The smallest absolute Gasteiger partial charge is 0.224 e. The lowest BCUT2D eigenvalue weighted by Gasteiger charge is -2.30. The van der Waals surface area contributed by atoms with Crippen LogP contribution < -0.4 is 10.6 Å². The SMILES string of the molecule is CCNc1ncc(C)c(NCC(CC)(CC)CO)n1. The minimum Gasteiger partial charge on any atom is -0.396 e. The van der Waals surface area contributed by atoms with Crippen LogP contribution in [0.5, 0.6) is 0 Å². The maximum Gasteiger partial charge on any atom is 0.224 e. The number of nitrogens with zero attached hydrogens (tertiary/aromatic N) is 2. The first-order chi connectivity index (χ1) is 9.10. The van der Waals surface area contributed by atoms with Crippen LogP contribution in [0.15, 0.2) is 6.20 Å². The first-order valence-electron chi connectivity index (χ1n) is 7.03. The van der Waals surface area contributed by atoms with Crippen molar-refractivity contribution in [3.05, 3.63) is 11.8 Å². The summed E-state index contributed by atoms with van der Waals surface area (Å²) in [5.41, 5.74) is 0.941. The van der Waals surface area contributed by atoms with Crippen molar-refractivity contribution in [3.63, 3.8) is 0 Å². The summed E-state index contributed by atoms with van der Waals surface area (Å²) in [4.78, 5) is 8.67. The van der Waals surface area contributed by atoms with Crippen molar-refractivity contribution in [1.29, 1.82) is 0 Å². The summed E-state index contributed by atoms with van der Waals surface area (Å²) >= 11 is 0. The lowest BCUT2D eigenvalue weighted by atomic mass is 9.83. The predicted molar refractivity (Wildman–Crippen MR) is 79.5 cm³/mol. The van der Waals surface area contributed by atoms with Gasteiger partial charge in [-0.1, -0.05) is 13.8 Å². The lowest BCUT2D eigenvalue weighted by Crippen LogP contribution is -2.32. The molecule has 0 aliphatic rings. The number of anilines is 2. The molecule has 0 saturated carbocycles. The number of aliphatic hydroxyl groups excluding tert-OH is 1. The van der Waals surface area contributed by atoms with E-state index in [-0.39, 0.29) is 12.0 Å². The average molecular weight is 266 g/mol. The summed E-state index contributed by atoms with van der Waals surface area (Å²) in [5, 5.41) is 16.0. The van der Waals surface area contributed by atoms with Crippen LogP contribution in [0.1, 0.15) is 39.2 Å². The highest BCUT2D eigenvalue weighted by atomic mass is 16.3. The van der Waals surface area contributed by atoms with Gasteiger partial charge in [-0.05, 0) is 26.7 Å². The Hall–Kier alpha value is -1.36. The van der Waals surface area contributed by atoms with E-state index in [1.54, 1.807) is 0 Å². The van der Waals surface area contributed by atoms with E-state index < -0.39 is 0 Å². The van der Waals surface area contributed by atoms with Crippen LogP contribution in [-0.2, 0) is 0 Å². The van der Waals surface area contributed by atoms with E-state index in [0.717, 1.165) is 37.3 Å². The molecule has 0 amide bonds. The van der Waals surface area contributed by atoms with Crippen LogP contribution >= 0.6 is 0 Å². The summed E-state index contributed by atoms with van der Waals surface area (Å²) in [6.07, 6.45) is 3.69. The van der Waals surface area contributed by atoms with Crippen molar-refractivity contribution in [3.8, 4) is 0 Å². The summed E-state index contributed by atoms with van der Waals surface area (Å²) in [6.45, 7) is 9.93. The van der Waals surface area contributed by atoms with Gasteiger partial charge in [0, 0.05) is 30.3 Å². The molecule has 3 N–H and O–H groups in total. The van der Waals surface area contributed by atoms with Gasteiger partial charge in [0.05, 0.1) is 6.61 Å². The maximum absolute atomic E-state index is 9.58. The molecule has 0 atom stereocenters. The molecule has 0 saturated heterocycles. The van der Waals surface area contributed by atoms with Crippen LogP contribution in [0.4, 0.5) is 11.8 Å². The first kappa shape index (κ1) is 15.7. The van der Waals surface area contributed by atoms with Crippen LogP contribution in [0.25, 0.3) is 0 Å². The molecule has 0 radical (unpaired) electrons. The van der Waals surface area contributed by atoms with Crippen LogP contribution in [0.3, 0.4) is 0 Å². The van der Waals surface area contributed by atoms with Gasteiger partial charge in [-0.25, -0.2) is 4.98 Å². The summed E-state index contributed by atoms with van der Waals surface area (Å²) in [6, 6.07) is 0. The van der Waals surface area contributed by atoms with E-state index >= 15 is 0 Å². The lowest BCUT2D eigenvalue weighted by molar-refractivity contribution is 0.127. The largest absolute Gasteiger partial charge is 0.396 e. The predicted octanol–water partition coefficient (Wildman–Crippen LogP) is 2.43. The molecule has 0 aromatic carbocycles. The molecule has 19 heavy (non-hydrogen) atoms. The molecule has 0 aliphatic heterocycles. The van der Waals surface area contributed by atoms with Crippen LogP contribution in [-0.4, -0.2) is 34.8 Å². The Balaban J connectivity index is 2.78. The second-order valence-electron chi connectivity index (χ2n) is 4.97. The third-order valence-corrected chi connectivity index (χ3v) is 3.77. The molecule has 0 unspecified atom stereocenters. The quantitative estimate of drug-likeness (QED) is 0.674. The molecule has 5 heteroatoms.